The standard InChI is InChI=1S/C14H22N2O2/c1-4-18-13-9-11(5-6-12(13)15)14(17)16-8-7-10(2)3/h5-6,9-10H,4,7-8,15H2,1-3H3,(H,16,17). The molecule has 0 aromatic heterocycles. The molecular weight excluding hydrogens is 228 g/mol. The van der Waals surface area contributed by atoms with Crippen molar-refractivity contribution in [1.82, 2.24) is 5.32 Å². The molecule has 100 valence electrons. The van der Waals surface area contributed by atoms with Crippen molar-refractivity contribution in [1.29, 1.82) is 0 Å². The van der Waals surface area contributed by atoms with Crippen LogP contribution in [-0.2, 0) is 0 Å². The van der Waals surface area contributed by atoms with Gasteiger partial charge in [0.05, 0.1) is 12.3 Å². The smallest absolute Gasteiger partial charge is 0.251 e. The number of carbonyl (C=O) groups is 1. The van der Waals surface area contributed by atoms with Gasteiger partial charge in [-0.05, 0) is 37.5 Å². The van der Waals surface area contributed by atoms with E-state index in [-0.39, 0.29) is 5.91 Å². The Hall–Kier alpha value is -1.71. The molecule has 3 N–H and O–H groups in total. The van der Waals surface area contributed by atoms with E-state index in [2.05, 4.69) is 19.2 Å². The van der Waals surface area contributed by atoms with Gasteiger partial charge in [-0.1, -0.05) is 13.8 Å². The number of nitrogen functional groups attached to an aromatic ring is 1. The molecular formula is C14H22N2O2. The molecule has 0 atom stereocenters. The van der Waals surface area contributed by atoms with Crippen LogP contribution in [0.25, 0.3) is 0 Å². The molecule has 0 radical (unpaired) electrons. The van der Waals surface area contributed by atoms with E-state index in [1.165, 1.54) is 0 Å². The van der Waals surface area contributed by atoms with Gasteiger partial charge in [0.15, 0.2) is 0 Å². The van der Waals surface area contributed by atoms with Gasteiger partial charge in [-0.2, -0.15) is 0 Å². The van der Waals surface area contributed by atoms with E-state index < -0.39 is 0 Å². The van der Waals surface area contributed by atoms with E-state index in [0.717, 1.165) is 6.42 Å². The summed E-state index contributed by atoms with van der Waals surface area (Å²) in [6.45, 7) is 7.35. The molecule has 1 rings (SSSR count). The number of hydrogen-bond donors (Lipinski definition) is 2. The Labute approximate surface area is 109 Å². The molecule has 0 heterocycles. The van der Waals surface area contributed by atoms with Crippen LogP contribution in [0.5, 0.6) is 5.75 Å². The van der Waals surface area contributed by atoms with E-state index in [9.17, 15) is 4.79 Å². The average molecular weight is 250 g/mol. The van der Waals surface area contributed by atoms with Crippen LogP contribution in [0.15, 0.2) is 18.2 Å². The first-order valence-electron chi connectivity index (χ1n) is 6.35. The van der Waals surface area contributed by atoms with E-state index in [1.54, 1.807) is 18.2 Å². The highest BCUT2D eigenvalue weighted by Gasteiger charge is 2.08. The minimum atomic E-state index is -0.0865. The number of hydrogen-bond acceptors (Lipinski definition) is 3. The van der Waals surface area contributed by atoms with Crippen molar-refractivity contribution in [3.63, 3.8) is 0 Å². The highest BCUT2D eigenvalue weighted by Crippen LogP contribution is 2.22. The second-order valence-electron chi connectivity index (χ2n) is 4.62. The van der Waals surface area contributed by atoms with Gasteiger partial charge in [0.25, 0.3) is 5.91 Å². The molecule has 0 unspecified atom stereocenters. The Morgan fingerprint density at radius 1 is 1.44 bits per heavy atom. The van der Waals surface area contributed by atoms with Gasteiger partial charge in [0, 0.05) is 12.1 Å². The molecule has 18 heavy (non-hydrogen) atoms. The minimum Gasteiger partial charge on any atom is -0.492 e. The van der Waals surface area contributed by atoms with Crippen molar-refractivity contribution in [3.05, 3.63) is 23.8 Å². The predicted molar refractivity (Wildman–Crippen MR) is 73.8 cm³/mol. The molecule has 0 aliphatic carbocycles. The third kappa shape index (κ3) is 4.28. The third-order valence-corrected chi connectivity index (χ3v) is 2.58. The molecule has 0 saturated heterocycles. The summed E-state index contributed by atoms with van der Waals surface area (Å²) in [7, 11) is 0. The monoisotopic (exact) mass is 250 g/mol. The van der Waals surface area contributed by atoms with Gasteiger partial charge < -0.3 is 15.8 Å². The lowest BCUT2D eigenvalue weighted by Gasteiger charge is -2.10. The minimum absolute atomic E-state index is 0.0865. The highest BCUT2D eigenvalue weighted by atomic mass is 16.5. The van der Waals surface area contributed by atoms with Crippen LogP contribution >= 0.6 is 0 Å². The maximum absolute atomic E-state index is 11.9. The Kier molecular flexibility index (Phi) is 5.49. The summed E-state index contributed by atoms with van der Waals surface area (Å²) >= 11 is 0. The molecule has 0 bridgehead atoms. The summed E-state index contributed by atoms with van der Waals surface area (Å²) in [4.78, 5) is 11.9. The van der Waals surface area contributed by atoms with Crippen LogP contribution in [0, 0.1) is 5.92 Å². The van der Waals surface area contributed by atoms with E-state index in [0.29, 0.717) is 36.1 Å². The molecule has 4 nitrogen and oxygen atoms in total. The van der Waals surface area contributed by atoms with Gasteiger partial charge >= 0.3 is 0 Å². The topological polar surface area (TPSA) is 64.3 Å². The number of carbonyl (C=O) groups excluding carboxylic acids is 1. The Balaban J connectivity index is 2.65. The molecule has 0 aliphatic heterocycles. The normalized spacial score (nSPS) is 10.4. The molecule has 4 heteroatoms. The fourth-order valence-electron chi connectivity index (χ4n) is 1.53. The second kappa shape index (κ2) is 6.89. The van der Waals surface area contributed by atoms with E-state index in [1.807, 2.05) is 6.92 Å². The van der Waals surface area contributed by atoms with Crippen LogP contribution in [0.4, 0.5) is 5.69 Å². The zero-order valence-electron chi connectivity index (χ0n) is 11.3. The Morgan fingerprint density at radius 3 is 2.78 bits per heavy atom. The van der Waals surface area contributed by atoms with Gasteiger partial charge in [0.1, 0.15) is 5.75 Å². The quantitative estimate of drug-likeness (QED) is 0.762. The molecule has 0 saturated carbocycles. The number of nitrogens with one attached hydrogen (secondary N) is 1. The number of amides is 1. The SMILES string of the molecule is CCOc1cc(C(=O)NCCC(C)C)ccc1N. The molecule has 1 aromatic rings. The summed E-state index contributed by atoms with van der Waals surface area (Å²) in [6.07, 6.45) is 0.971. The predicted octanol–water partition coefficient (Wildman–Crippen LogP) is 2.44. The lowest BCUT2D eigenvalue weighted by atomic mass is 10.1. The zero-order chi connectivity index (χ0) is 13.5. The van der Waals surface area contributed by atoms with Crippen LogP contribution < -0.4 is 15.8 Å². The lowest BCUT2D eigenvalue weighted by Crippen LogP contribution is -2.25. The molecule has 1 aromatic carbocycles. The average Bonchev–Trinajstić information content (AvgIpc) is 2.31. The van der Waals surface area contributed by atoms with Gasteiger partial charge in [-0.25, -0.2) is 0 Å². The zero-order valence-corrected chi connectivity index (χ0v) is 11.3. The number of ether oxygens (including phenoxy) is 1. The van der Waals surface area contributed by atoms with E-state index in [4.69, 9.17) is 10.5 Å². The third-order valence-electron chi connectivity index (χ3n) is 2.58. The number of anilines is 1. The molecule has 0 spiro atoms. The number of nitrogens with two attached hydrogens (primary N) is 1. The Morgan fingerprint density at radius 2 is 2.17 bits per heavy atom. The van der Waals surface area contributed by atoms with Crippen molar-refractivity contribution in [2.45, 2.75) is 27.2 Å². The summed E-state index contributed by atoms with van der Waals surface area (Å²) in [6, 6.07) is 5.09. The van der Waals surface area contributed by atoms with Crippen molar-refractivity contribution < 1.29 is 9.53 Å². The Bertz CT molecular complexity index is 403. The number of benzene rings is 1. The van der Waals surface area contributed by atoms with E-state index >= 15 is 0 Å². The lowest BCUT2D eigenvalue weighted by molar-refractivity contribution is 0.0951. The van der Waals surface area contributed by atoms with Crippen LogP contribution in [-0.4, -0.2) is 19.1 Å². The fraction of sp³-hybridized carbons (Fsp3) is 0.500. The highest BCUT2D eigenvalue weighted by molar-refractivity contribution is 5.95. The van der Waals surface area contributed by atoms with Crippen molar-refractivity contribution >= 4 is 11.6 Å². The summed E-state index contributed by atoms with van der Waals surface area (Å²) in [5.74, 6) is 1.06. The molecule has 0 aliphatic rings. The first-order chi connectivity index (χ1) is 8.54. The fourth-order valence-corrected chi connectivity index (χ4v) is 1.53. The van der Waals surface area contributed by atoms with Crippen molar-refractivity contribution in [3.8, 4) is 5.75 Å². The first-order valence-corrected chi connectivity index (χ1v) is 6.35. The van der Waals surface area contributed by atoms with Crippen molar-refractivity contribution in [2.75, 3.05) is 18.9 Å². The van der Waals surface area contributed by atoms with Gasteiger partial charge in [-0.3, -0.25) is 4.79 Å². The van der Waals surface area contributed by atoms with Gasteiger partial charge in [-0.15, -0.1) is 0 Å². The largest absolute Gasteiger partial charge is 0.492 e. The first kappa shape index (κ1) is 14.4. The maximum atomic E-state index is 11.9. The molecule has 1 amide bonds. The van der Waals surface area contributed by atoms with Crippen molar-refractivity contribution in [2.24, 2.45) is 5.92 Å². The summed E-state index contributed by atoms with van der Waals surface area (Å²) in [5.41, 5.74) is 6.89. The van der Waals surface area contributed by atoms with Crippen LogP contribution in [0.2, 0.25) is 0 Å². The van der Waals surface area contributed by atoms with Crippen LogP contribution in [0.3, 0.4) is 0 Å². The van der Waals surface area contributed by atoms with Gasteiger partial charge in [0.2, 0.25) is 0 Å². The maximum Gasteiger partial charge on any atom is 0.251 e. The summed E-state index contributed by atoms with van der Waals surface area (Å²) < 4.78 is 5.37. The molecule has 0 fully saturated rings. The van der Waals surface area contributed by atoms with Crippen LogP contribution in [0.1, 0.15) is 37.6 Å². The second-order valence-corrected chi connectivity index (χ2v) is 4.62. The number of rotatable bonds is 6. The summed E-state index contributed by atoms with van der Waals surface area (Å²) in [5, 5.41) is 2.88.